The molecule has 0 radical (unpaired) electrons. The predicted molar refractivity (Wildman–Crippen MR) is 86.9 cm³/mol. The highest BCUT2D eigenvalue weighted by Crippen LogP contribution is 2.17. The van der Waals surface area contributed by atoms with Crippen LogP contribution in [0.15, 0.2) is 30.3 Å². The highest BCUT2D eigenvalue weighted by atomic mass is 32.2. The molecule has 0 bridgehead atoms. The first-order chi connectivity index (χ1) is 10.1. The van der Waals surface area contributed by atoms with Gasteiger partial charge in [-0.05, 0) is 49.8 Å². The topological polar surface area (TPSA) is 58.2 Å². The van der Waals surface area contributed by atoms with Crippen molar-refractivity contribution in [2.45, 2.75) is 32.1 Å². The minimum atomic E-state index is -3.20. The first-order valence-corrected chi connectivity index (χ1v) is 9.45. The molecule has 5 heteroatoms. The van der Waals surface area contributed by atoms with E-state index in [0.717, 1.165) is 25.1 Å². The molecule has 2 unspecified atom stereocenters. The Kier molecular flexibility index (Phi) is 6.21. The third kappa shape index (κ3) is 5.77. The monoisotopic (exact) mass is 310 g/mol. The van der Waals surface area contributed by atoms with E-state index in [-0.39, 0.29) is 11.7 Å². The van der Waals surface area contributed by atoms with Crippen molar-refractivity contribution in [3.63, 3.8) is 0 Å². The van der Waals surface area contributed by atoms with Gasteiger partial charge in [0.25, 0.3) is 0 Å². The summed E-state index contributed by atoms with van der Waals surface area (Å²) in [7, 11) is -3.20. The van der Waals surface area contributed by atoms with Gasteiger partial charge in [-0.15, -0.1) is 0 Å². The molecule has 118 valence electrons. The lowest BCUT2D eigenvalue weighted by atomic mass is 9.96. The van der Waals surface area contributed by atoms with Gasteiger partial charge in [-0.3, -0.25) is 0 Å². The Bertz CT molecular complexity index is 510. The van der Waals surface area contributed by atoms with E-state index in [1.807, 2.05) is 37.3 Å². The lowest BCUT2D eigenvalue weighted by Gasteiger charge is -2.22. The molecule has 2 atom stereocenters. The lowest BCUT2D eigenvalue weighted by Crippen LogP contribution is -2.34. The molecule has 0 saturated carbocycles. The van der Waals surface area contributed by atoms with Crippen molar-refractivity contribution in [3.05, 3.63) is 35.9 Å². The van der Waals surface area contributed by atoms with Crippen LogP contribution >= 0.6 is 0 Å². The van der Waals surface area contributed by atoms with Crippen molar-refractivity contribution in [1.29, 1.82) is 0 Å². The fourth-order valence-corrected chi connectivity index (χ4v) is 4.25. The van der Waals surface area contributed by atoms with E-state index in [1.165, 1.54) is 12.8 Å². The maximum Gasteiger partial charge on any atom is 0.212 e. The maximum absolute atomic E-state index is 12.1. The average molecular weight is 310 g/mol. The molecule has 0 spiro atoms. The van der Waals surface area contributed by atoms with Crippen LogP contribution in [0.4, 0.5) is 0 Å². The molecule has 0 aromatic heterocycles. The fourth-order valence-electron chi connectivity index (χ4n) is 2.85. The van der Waals surface area contributed by atoms with Crippen molar-refractivity contribution in [2.24, 2.45) is 5.92 Å². The van der Waals surface area contributed by atoms with Crippen molar-refractivity contribution >= 4 is 10.0 Å². The summed E-state index contributed by atoms with van der Waals surface area (Å²) in [5.41, 5.74) is 1.07. The third-order valence-electron chi connectivity index (χ3n) is 4.11. The fraction of sp³-hybridized carbons (Fsp3) is 0.625. The molecule has 1 fully saturated rings. The van der Waals surface area contributed by atoms with Gasteiger partial charge in [0.05, 0.1) is 5.75 Å². The Hall–Kier alpha value is -0.910. The van der Waals surface area contributed by atoms with E-state index in [4.69, 9.17) is 0 Å². The number of benzene rings is 1. The predicted octanol–water partition coefficient (Wildman–Crippen LogP) is 2.10. The van der Waals surface area contributed by atoms with Crippen LogP contribution < -0.4 is 10.0 Å². The van der Waals surface area contributed by atoms with E-state index in [2.05, 4.69) is 10.0 Å². The summed E-state index contributed by atoms with van der Waals surface area (Å²) in [6.07, 6.45) is 3.32. The molecule has 1 aromatic rings. The largest absolute Gasteiger partial charge is 0.316 e. The second-order valence-electron chi connectivity index (χ2n) is 5.99. The quantitative estimate of drug-likeness (QED) is 0.811. The van der Waals surface area contributed by atoms with E-state index in [1.54, 1.807) is 0 Å². The molecule has 1 heterocycles. The summed E-state index contributed by atoms with van der Waals surface area (Å²) in [4.78, 5) is 0. The lowest BCUT2D eigenvalue weighted by molar-refractivity contribution is 0.358. The van der Waals surface area contributed by atoms with Crippen LogP contribution in [0, 0.1) is 5.92 Å². The Balaban J connectivity index is 1.76. The molecular formula is C16H26N2O2S. The van der Waals surface area contributed by atoms with Crippen LogP contribution in [0.3, 0.4) is 0 Å². The Labute approximate surface area is 128 Å². The second-order valence-corrected chi connectivity index (χ2v) is 7.84. The first-order valence-electron chi connectivity index (χ1n) is 7.80. The molecule has 1 aliphatic heterocycles. The molecule has 1 aromatic carbocycles. The van der Waals surface area contributed by atoms with Gasteiger partial charge in [0.1, 0.15) is 0 Å². The molecule has 4 nitrogen and oxygen atoms in total. The summed E-state index contributed by atoms with van der Waals surface area (Å²) >= 11 is 0. The van der Waals surface area contributed by atoms with Crippen LogP contribution in [-0.2, 0) is 10.0 Å². The minimum absolute atomic E-state index is 0.0139. The van der Waals surface area contributed by atoms with E-state index in [0.29, 0.717) is 12.5 Å². The van der Waals surface area contributed by atoms with Crippen molar-refractivity contribution < 1.29 is 8.42 Å². The standard InChI is InChI=1S/C16H26N2O2S/c1-14(16-7-3-2-4-8-16)13-21(19,20)18-11-9-15-6-5-10-17-12-15/h2-4,7-8,14-15,17-18H,5-6,9-13H2,1H3. The number of sulfonamides is 1. The molecule has 21 heavy (non-hydrogen) atoms. The average Bonchev–Trinajstić information content (AvgIpc) is 2.48. The first kappa shape index (κ1) is 16.5. The molecule has 0 aliphatic carbocycles. The minimum Gasteiger partial charge on any atom is -0.316 e. The van der Waals surface area contributed by atoms with Crippen molar-refractivity contribution in [1.82, 2.24) is 10.0 Å². The SMILES string of the molecule is CC(CS(=O)(=O)NCCC1CCCNC1)c1ccccc1. The number of nitrogens with one attached hydrogen (secondary N) is 2. The van der Waals surface area contributed by atoms with Crippen LogP contribution in [0.5, 0.6) is 0 Å². The Morgan fingerprint density at radius 1 is 1.33 bits per heavy atom. The molecular weight excluding hydrogens is 284 g/mol. The zero-order chi connectivity index (χ0) is 15.1. The summed E-state index contributed by atoms with van der Waals surface area (Å²) in [5, 5.41) is 3.36. The highest BCUT2D eigenvalue weighted by molar-refractivity contribution is 7.89. The van der Waals surface area contributed by atoms with Crippen LogP contribution in [0.25, 0.3) is 0 Å². The van der Waals surface area contributed by atoms with Gasteiger partial charge in [0, 0.05) is 6.54 Å². The Morgan fingerprint density at radius 3 is 2.76 bits per heavy atom. The van der Waals surface area contributed by atoms with Crippen molar-refractivity contribution in [3.8, 4) is 0 Å². The summed E-state index contributed by atoms with van der Waals surface area (Å²) in [6.45, 7) is 4.62. The van der Waals surface area contributed by atoms with Crippen LogP contribution in [-0.4, -0.2) is 33.8 Å². The van der Waals surface area contributed by atoms with E-state index < -0.39 is 10.0 Å². The Morgan fingerprint density at radius 2 is 2.10 bits per heavy atom. The van der Waals surface area contributed by atoms with Crippen LogP contribution in [0.1, 0.15) is 37.7 Å². The number of piperidine rings is 1. The molecule has 2 N–H and O–H groups in total. The summed E-state index contributed by atoms with van der Waals surface area (Å²) < 4.78 is 27.0. The van der Waals surface area contributed by atoms with Gasteiger partial charge >= 0.3 is 0 Å². The second kappa shape index (κ2) is 7.92. The van der Waals surface area contributed by atoms with Gasteiger partial charge in [-0.2, -0.15) is 0 Å². The van der Waals surface area contributed by atoms with Gasteiger partial charge < -0.3 is 5.32 Å². The molecule has 1 saturated heterocycles. The molecule has 1 aliphatic rings. The molecule has 2 rings (SSSR count). The maximum atomic E-state index is 12.1. The van der Waals surface area contributed by atoms with Gasteiger partial charge in [-0.1, -0.05) is 37.3 Å². The zero-order valence-corrected chi connectivity index (χ0v) is 13.5. The third-order valence-corrected chi connectivity index (χ3v) is 5.69. The van der Waals surface area contributed by atoms with E-state index >= 15 is 0 Å². The molecule has 0 amide bonds. The zero-order valence-electron chi connectivity index (χ0n) is 12.7. The normalized spacial score (nSPS) is 21.1. The number of rotatable bonds is 7. The smallest absolute Gasteiger partial charge is 0.212 e. The summed E-state index contributed by atoms with van der Waals surface area (Å²) in [5.74, 6) is 0.771. The number of hydrogen-bond donors (Lipinski definition) is 2. The van der Waals surface area contributed by atoms with Gasteiger partial charge in [0.15, 0.2) is 0 Å². The van der Waals surface area contributed by atoms with Crippen molar-refractivity contribution in [2.75, 3.05) is 25.4 Å². The summed E-state index contributed by atoms with van der Waals surface area (Å²) in [6, 6.07) is 9.80. The highest BCUT2D eigenvalue weighted by Gasteiger charge is 2.18. The number of hydrogen-bond acceptors (Lipinski definition) is 3. The van der Waals surface area contributed by atoms with Gasteiger partial charge in [0.2, 0.25) is 10.0 Å². The van der Waals surface area contributed by atoms with Crippen LogP contribution in [0.2, 0.25) is 0 Å². The van der Waals surface area contributed by atoms with E-state index in [9.17, 15) is 8.42 Å². The van der Waals surface area contributed by atoms with Gasteiger partial charge in [-0.25, -0.2) is 13.1 Å².